The van der Waals surface area contributed by atoms with E-state index in [4.69, 9.17) is 5.11 Å². The Hall–Kier alpha value is -1.93. The summed E-state index contributed by atoms with van der Waals surface area (Å²) in [5, 5.41) is 8.62. The summed E-state index contributed by atoms with van der Waals surface area (Å²) in [4.78, 5) is 13.5. The number of nitrogens with zero attached hydrogens (tertiary/aromatic N) is 1. The van der Waals surface area contributed by atoms with Crippen molar-refractivity contribution in [2.45, 2.75) is 12.6 Å². The molecule has 4 nitrogen and oxygen atoms in total. The van der Waals surface area contributed by atoms with Gasteiger partial charge < -0.3 is 9.84 Å². The minimum atomic E-state index is -5.02. The second-order valence-electron chi connectivity index (χ2n) is 3.07. The molecule has 18 heavy (non-hydrogen) atoms. The minimum Gasteiger partial charge on any atom is -0.494 e. The van der Waals surface area contributed by atoms with Crippen molar-refractivity contribution >= 4 is 5.97 Å². The Labute approximate surface area is 97.0 Å². The van der Waals surface area contributed by atoms with E-state index in [2.05, 4.69) is 9.72 Å². The van der Waals surface area contributed by atoms with Gasteiger partial charge >= 0.3 is 12.1 Å². The summed E-state index contributed by atoms with van der Waals surface area (Å²) in [6.07, 6.45) is -8.23. The molecule has 0 saturated carbocycles. The predicted molar refractivity (Wildman–Crippen MR) is 47.7 cm³/mol. The zero-order valence-electron chi connectivity index (χ0n) is 8.76. The maximum absolute atomic E-state index is 12.7. The molecule has 0 aliphatic carbocycles. The van der Waals surface area contributed by atoms with E-state index < -0.39 is 41.1 Å². The van der Waals surface area contributed by atoms with E-state index in [1.807, 2.05) is 0 Å². The summed E-state index contributed by atoms with van der Waals surface area (Å²) in [5.74, 6) is -3.10. The molecule has 0 aromatic carbocycles. The average molecular weight is 271 g/mol. The number of carboxylic acids is 1. The monoisotopic (exact) mass is 271 g/mol. The van der Waals surface area contributed by atoms with Gasteiger partial charge in [-0.25, -0.2) is 18.6 Å². The zero-order valence-corrected chi connectivity index (χ0v) is 8.76. The van der Waals surface area contributed by atoms with Crippen molar-refractivity contribution in [3.63, 3.8) is 0 Å². The molecule has 0 unspecified atom stereocenters. The number of aromatic nitrogens is 1. The number of hydrogen-bond acceptors (Lipinski definition) is 3. The van der Waals surface area contributed by atoms with Crippen molar-refractivity contribution in [3.05, 3.63) is 23.0 Å². The highest BCUT2D eigenvalue weighted by molar-refractivity contribution is 5.90. The molecule has 0 aliphatic rings. The summed E-state index contributed by atoms with van der Waals surface area (Å²) >= 11 is 0. The van der Waals surface area contributed by atoms with Crippen LogP contribution in [0.1, 0.15) is 28.0 Å². The highest BCUT2D eigenvalue weighted by Crippen LogP contribution is 2.41. The Morgan fingerprint density at radius 2 is 2.00 bits per heavy atom. The van der Waals surface area contributed by atoms with Gasteiger partial charge in [0.25, 0.3) is 6.43 Å². The normalized spacial score (nSPS) is 11.7. The summed E-state index contributed by atoms with van der Waals surface area (Å²) in [5.41, 5.74) is -4.06. The smallest absolute Gasteiger partial charge is 0.437 e. The number of rotatable bonds is 3. The first kappa shape index (κ1) is 14.1. The first-order chi connectivity index (χ1) is 8.20. The largest absolute Gasteiger partial charge is 0.494 e. The Bertz CT molecular complexity index is 472. The number of pyridine rings is 1. The van der Waals surface area contributed by atoms with Crippen LogP contribution in [0.4, 0.5) is 22.0 Å². The fourth-order valence-corrected chi connectivity index (χ4v) is 1.30. The number of carbonyl (C=O) groups is 1. The standard InChI is InChI=1S/C9H6F5NO3/c1-18-5-4(7(10)11)3(8(16)17)2-15-6(5)9(12,13)14/h2,7H,1H3,(H,16,17). The number of ether oxygens (including phenoxy) is 1. The first-order valence-electron chi connectivity index (χ1n) is 4.35. The molecule has 0 fully saturated rings. The number of methoxy groups -OCH3 is 1. The molecule has 1 rings (SSSR count). The second-order valence-corrected chi connectivity index (χ2v) is 3.07. The molecular formula is C9H6F5NO3. The number of hydrogen-bond donors (Lipinski definition) is 1. The van der Waals surface area contributed by atoms with Crippen LogP contribution in [0, 0.1) is 0 Å². The number of carboxylic acid groups (broad SMARTS) is 1. The van der Waals surface area contributed by atoms with Crippen LogP contribution in [0.2, 0.25) is 0 Å². The van der Waals surface area contributed by atoms with E-state index in [1.165, 1.54) is 0 Å². The van der Waals surface area contributed by atoms with Gasteiger partial charge in [-0.05, 0) is 0 Å². The third-order valence-electron chi connectivity index (χ3n) is 1.99. The summed E-state index contributed by atoms with van der Waals surface area (Å²) in [7, 11) is 0.726. The molecule has 9 heteroatoms. The lowest BCUT2D eigenvalue weighted by Crippen LogP contribution is -2.15. The van der Waals surface area contributed by atoms with Gasteiger partial charge in [0, 0.05) is 6.20 Å². The number of aromatic carboxylic acids is 1. The van der Waals surface area contributed by atoms with Crippen molar-refractivity contribution in [1.82, 2.24) is 4.98 Å². The van der Waals surface area contributed by atoms with Gasteiger partial charge in [-0.3, -0.25) is 0 Å². The highest BCUT2D eigenvalue weighted by atomic mass is 19.4. The topological polar surface area (TPSA) is 59.4 Å². The SMILES string of the molecule is COc1c(C(F)(F)F)ncc(C(=O)O)c1C(F)F. The molecule has 1 N–H and O–H groups in total. The lowest BCUT2D eigenvalue weighted by atomic mass is 10.1. The number of alkyl halides is 5. The van der Waals surface area contributed by atoms with Crippen LogP contribution in [-0.4, -0.2) is 23.2 Å². The molecule has 0 spiro atoms. The Morgan fingerprint density at radius 1 is 1.44 bits per heavy atom. The molecule has 1 aromatic rings. The van der Waals surface area contributed by atoms with Gasteiger partial charge in [0.1, 0.15) is 0 Å². The molecular weight excluding hydrogens is 265 g/mol. The fourth-order valence-electron chi connectivity index (χ4n) is 1.30. The lowest BCUT2D eigenvalue weighted by molar-refractivity contribution is -0.142. The van der Waals surface area contributed by atoms with Gasteiger partial charge in [-0.2, -0.15) is 13.2 Å². The van der Waals surface area contributed by atoms with Crippen molar-refractivity contribution in [3.8, 4) is 5.75 Å². The molecule has 1 heterocycles. The van der Waals surface area contributed by atoms with Gasteiger partial charge in [0.2, 0.25) is 0 Å². The van der Waals surface area contributed by atoms with Gasteiger partial charge in [-0.15, -0.1) is 0 Å². The van der Waals surface area contributed by atoms with Gasteiger partial charge in [0.15, 0.2) is 11.4 Å². The van der Waals surface area contributed by atoms with E-state index in [1.54, 1.807) is 0 Å². The summed E-state index contributed by atoms with van der Waals surface area (Å²) in [6.45, 7) is 0. The van der Waals surface area contributed by atoms with Crippen LogP contribution in [0.5, 0.6) is 5.75 Å². The van der Waals surface area contributed by atoms with E-state index >= 15 is 0 Å². The summed E-state index contributed by atoms with van der Waals surface area (Å²) in [6, 6.07) is 0. The first-order valence-corrected chi connectivity index (χ1v) is 4.35. The van der Waals surface area contributed by atoms with Crippen LogP contribution in [0.15, 0.2) is 6.20 Å². The van der Waals surface area contributed by atoms with Crippen LogP contribution in [0.25, 0.3) is 0 Å². The molecule has 1 aromatic heterocycles. The van der Waals surface area contributed by atoms with Crippen molar-refractivity contribution in [2.24, 2.45) is 0 Å². The maximum Gasteiger partial charge on any atom is 0.437 e. The molecule has 0 radical (unpaired) electrons. The Morgan fingerprint density at radius 3 is 2.33 bits per heavy atom. The lowest BCUT2D eigenvalue weighted by Gasteiger charge is -2.15. The molecule has 100 valence electrons. The van der Waals surface area contributed by atoms with Crippen LogP contribution in [-0.2, 0) is 6.18 Å². The molecule has 0 aliphatic heterocycles. The maximum atomic E-state index is 12.7. The average Bonchev–Trinajstić information content (AvgIpc) is 2.25. The summed E-state index contributed by atoms with van der Waals surface area (Å²) < 4.78 is 67.0. The van der Waals surface area contributed by atoms with Crippen molar-refractivity contribution in [1.29, 1.82) is 0 Å². The Balaban J connectivity index is 3.64. The molecule has 0 saturated heterocycles. The van der Waals surface area contributed by atoms with Crippen molar-refractivity contribution < 1.29 is 36.6 Å². The Kier molecular flexibility index (Phi) is 3.73. The fraction of sp³-hybridized carbons (Fsp3) is 0.333. The highest BCUT2D eigenvalue weighted by Gasteiger charge is 2.40. The van der Waals surface area contributed by atoms with E-state index in [0.29, 0.717) is 0 Å². The van der Waals surface area contributed by atoms with Gasteiger partial charge in [-0.1, -0.05) is 0 Å². The zero-order chi connectivity index (χ0) is 14.1. The van der Waals surface area contributed by atoms with Gasteiger partial charge in [0.05, 0.1) is 18.2 Å². The predicted octanol–water partition coefficient (Wildman–Crippen LogP) is 2.74. The third-order valence-corrected chi connectivity index (χ3v) is 1.99. The van der Waals surface area contributed by atoms with E-state index in [-0.39, 0.29) is 6.20 Å². The van der Waals surface area contributed by atoms with Crippen LogP contribution >= 0.6 is 0 Å². The van der Waals surface area contributed by atoms with Crippen LogP contribution in [0.3, 0.4) is 0 Å². The molecule has 0 amide bonds. The quantitative estimate of drug-likeness (QED) is 0.859. The molecule has 0 bridgehead atoms. The minimum absolute atomic E-state index is 0.231. The number of halogens is 5. The van der Waals surface area contributed by atoms with Crippen LogP contribution < -0.4 is 4.74 Å². The molecule has 0 atom stereocenters. The van der Waals surface area contributed by atoms with E-state index in [9.17, 15) is 26.7 Å². The second kappa shape index (κ2) is 4.75. The van der Waals surface area contributed by atoms with E-state index in [0.717, 1.165) is 7.11 Å². The van der Waals surface area contributed by atoms with Crippen molar-refractivity contribution in [2.75, 3.05) is 7.11 Å². The third kappa shape index (κ3) is 2.49.